The number of anilines is 1. The summed E-state index contributed by atoms with van der Waals surface area (Å²) in [5.74, 6) is 0.836. The first-order chi connectivity index (χ1) is 10.2. The van der Waals surface area contributed by atoms with Crippen molar-refractivity contribution in [1.82, 2.24) is 5.32 Å². The lowest BCUT2D eigenvalue weighted by molar-refractivity contribution is -0.121. The Balaban J connectivity index is 1.47. The molecule has 3 N–H and O–H groups in total. The van der Waals surface area contributed by atoms with Crippen molar-refractivity contribution in [1.29, 1.82) is 0 Å². The summed E-state index contributed by atoms with van der Waals surface area (Å²) in [5, 5.41) is 16.1. The number of carbonyl (C=O) groups is 1. The van der Waals surface area contributed by atoms with E-state index in [1.807, 2.05) is 12.1 Å². The monoisotopic (exact) mass is 288 g/mol. The molecule has 1 heterocycles. The third kappa shape index (κ3) is 3.56. The lowest BCUT2D eigenvalue weighted by atomic mass is 9.87. The van der Waals surface area contributed by atoms with E-state index in [9.17, 15) is 9.90 Å². The Hall–Kier alpha value is -1.55. The highest BCUT2D eigenvalue weighted by molar-refractivity contribution is 5.78. The van der Waals surface area contributed by atoms with Gasteiger partial charge in [-0.05, 0) is 36.8 Å². The number of aliphatic hydroxyl groups excluding tert-OH is 1. The first kappa shape index (κ1) is 14.4. The molecule has 0 aromatic heterocycles. The zero-order valence-corrected chi connectivity index (χ0v) is 12.3. The van der Waals surface area contributed by atoms with Crippen molar-refractivity contribution >= 4 is 11.6 Å². The van der Waals surface area contributed by atoms with Gasteiger partial charge in [-0.3, -0.25) is 4.79 Å². The second-order valence-electron chi connectivity index (χ2n) is 6.36. The topological polar surface area (TPSA) is 61.4 Å². The maximum Gasteiger partial charge on any atom is 0.220 e. The van der Waals surface area contributed by atoms with Crippen molar-refractivity contribution < 1.29 is 9.90 Å². The first-order valence-corrected chi connectivity index (χ1v) is 8.00. The van der Waals surface area contributed by atoms with Crippen LogP contribution in [-0.2, 0) is 4.79 Å². The number of benzene rings is 1. The molecule has 0 saturated heterocycles. The molecule has 4 heteroatoms. The minimum atomic E-state index is -0.174. The van der Waals surface area contributed by atoms with Gasteiger partial charge >= 0.3 is 0 Å². The normalized spacial score (nSPS) is 27.8. The van der Waals surface area contributed by atoms with Gasteiger partial charge in [-0.1, -0.05) is 24.6 Å². The summed E-state index contributed by atoms with van der Waals surface area (Å²) in [5.41, 5.74) is 2.41. The minimum Gasteiger partial charge on any atom is -0.393 e. The van der Waals surface area contributed by atoms with Crippen molar-refractivity contribution in [2.24, 2.45) is 5.92 Å². The predicted octanol–water partition coefficient (Wildman–Crippen LogP) is 2.25. The van der Waals surface area contributed by atoms with Crippen molar-refractivity contribution in [3.63, 3.8) is 0 Å². The number of aliphatic hydroxyl groups is 1. The average Bonchev–Trinajstić information content (AvgIpc) is 2.89. The molecule has 1 fully saturated rings. The second-order valence-corrected chi connectivity index (χ2v) is 6.36. The lowest BCUT2D eigenvalue weighted by Gasteiger charge is -2.26. The molecule has 0 spiro atoms. The highest BCUT2D eigenvalue weighted by atomic mass is 16.3. The Morgan fingerprint density at radius 1 is 1.33 bits per heavy atom. The molecular formula is C17H24N2O2. The van der Waals surface area contributed by atoms with Crippen molar-refractivity contribution in [3.05, 3.63) is 29.8 Å². The molecule has 114 valence electrons. The van der Waals surface area contributed by atoms with Gasteiger partial charge in [0.15, 0.2) is 0 Å². The summed E-state index contributed by atoms with van der Waals surface area (Å²) < 4.78 is 0. The van der Waals surface area contributed by atoms with Gasteiger partial charge in [-0.2, -0.15) is 0 Å². The van der Waals surface area contributed by atoms with E-state index in [-0.39, 0.29) is 17.9 Å². The van der Waals surface area contributed by atoms with Gasteiger partial charge in [0.05, 0.1) is 6.10 Å². The van der Waals surface area contributed by atoms with Crippen LogP contribution < -0.4 is 10.6 Å². The summed E-state index contributed by atoms with van der Waals surface area (Å²) in [6.07, 6.45) is 4.29. The van der Waals surface area contributed by atoms with Crippen LogP contribution in [0.5, 0.6) is 0 Å². The van der Waals surface area contributed by atoms with Crippen LogP contribution in [0.15, 0.2) is 24.3 Å². The third-order valence-electron chi connectivity index (χ3n) is 4.71. The van der Waals surface area contributed by atoms with E-state index in [4.69, 9.17) is 0 Å². The van der Waals surface area contributed by atoms with Gasteiger partial charge in [0.1, 0.15) is 0 Å². The number of hydrogen-bond donors (Lipinski definition) is 3. The average molecular weight is 288 g/mol. The van der Waals surface area contributed by atoms with E-state index in [1.165, 1.54) is 5.56 Å². The maximum absolute atomic E-state index is 12.1. The molecule has 3 rings (SSSR count). The van der Waals surface area contributed by atoms with Crippen LogP contribution in [0.25, 0.3) is 0 Å². The Bertz CT molecular complexity index is 503. The quantitative estimate of drug-likeness (QED) is 0.796. The summed E-state index contributed by atoms with van der Waals surface area (Å²) in [6.45, 7) is 1.55. The highest BCUT2D eigenvalue weighted by Gasteiger charge is 2.25. The molecule has 1 aliphatic carbocycles. The predicted molar refractivity (Wildman–Crippen MR) is 83.3 cm³/mol. The number of amides is 1. The molecule has 1 aromatic rings. The Morgan fingerprint density at radius 2 is 2.19 bits per heavy atom. The summed E-state index contributed by atoms with van der Waals surface area (Å²) >= 11 is 0. The number of para-hydroxylation sites is 1. The van der Waals surface area contributed by atoms with E-state index >= 15 is 0 Å². The molecule has 1 amide bonds. The molecule has 0 bridgehead atoms. The van der Waals surface area contributed by atoms with E-state index in [0.29, 0.717) is 18.9 Å². The summed E-state index contributed by atoms with van der Waals surface area (Å²) in [4.78, 5) is 12.1. The SMILES string of the molecule is O=C(CC1CNc2ccccc21)NCC1CCCC(O)C1. The van der Waals surface area contributed by atoms with Crippen LogP contribution in [0.1, 0.15) is 43.6 Å². The molecule has 21 heavy (non-hydrogen) atoms. The van der Waals surface area contributed by atoms with Crippen LogP contribution in [0.3, 0.4) is 0 Å². The van der Waals surface area contributed by atoms with Crippen LogP contribution in [0.4, 0.5) is 5.69 Å². The largest absolute Gasteiger partial charge is 0.393 e. The number of hydrogen-bond acceptors (Lipinski definition) is 3. The van der Waals surface area contributed by atoms with Crippen LogP contribution in [0.2, 0.25) is 0 Å². The van der Waals surface area contributed by atoms with Gasteiger partial charge in [0.2, 0.25) is 5.91 Å². The Labute approximate surface area is 125 Å². The Kier molecular flexibility index (Phi) is 4.44. The van der Waals surface area contributed by atoms with Gasteiger partial charge in [-0.15, -0.1) is 0 Å². The van der Waals surface area contributed by atoms with E-state index in [2.05, 4.69) is 22.8 Å². The van der Waals surface area contributed by atoms with E-state index in [0.717, 1.165) is 37.9 Å². The number of nitrogens with one attached hydrogen (secondary N) is 2. The number of carbonyl (C=O) groups excluding carboxylic acids is 1. The molecule has 2 aliphatic rings. The second kappa shape index (κ2) is 6.48. The standard InChI is InChI=1S/C17H24N2O2/c20-14-5-3-4-12(8-14)10-19-17(21)9-13-11-18-16-7-2-1-6-15(13)16/h1-2,6-7,12-14,18,20H,3-5,8-11H2,(H,19,21). The molecule has 0 radical (unpaired) electrons. The zero-order chi connectivity index (χ0) is 14.7. The molecule has 1 aromatic carbocycles. The van der Waals surface area contributed by atoms with Gasteiger partial charge < -0.3 is 15.7 Å². The maximum atomic E-state index is 12.1. The molecule has 1 saturated carbocycles. The van der Waals surface area contributed by atoms with E-state index < -0.39 is 0 Å². The number of rotatable bonds is 4. The smallest absolute Gasteiger partial charge is 0.220 e. The van der Waals surface area contributed by atoms with Gasteiger partial charge in [-0.25, -0.2) is 0 Å². The molecule has 3 unspecified atom stereocenters. The van der Waals surface area contributed by atoms with Crippen LogP contribution in [0, 0.1) is 5.92 Å². The fourth-order valence-corrected chi connectivity index (χ4v) is 3.54. The molecular weight excluding hydrogens is 264 g/mol. The van der Waals surface area contributed by atoms with Crippen molar-refractivity contribution in [2.75, 3.05) is 18.4 Å². The fourth-order valence-electron chi connectivity index (χ4n) is 3.54. The fraction of sp³-hybridized carbons (Fsp3) is 0.588. The van der Waals surface area contributed by atoms with Crippen LogP contribution >= 0.6 is 0 Å². The van der Waals surface area contributed by atoms with Crippen molar-refractivity contribution in [2.45, 2.75) is 44.1 Å². The van der Waals surface area contributed by atoms with Gasteiger partial charge in [0.25, 0.3) is 0 Å². The molecule has 4 nitrogen and oxygen atoms in total. The minimum absolute atomic E-state index is 0.124. The van der Waals surface area contributed by atoms with Crippen molar-refractivity contribution in [3.8, 4) is 0 Å². The number of fused-ring (bicyclic) bond motifs is 1. The third-order valence-corrected chi connectivity index (χ3v) is 4.71. The zero-order valence-electron chi connectivity index (χ0n) is 12.3. The molecule has 3 atom stereocenters. The summed E-state index contributed by atoms with van der Waals surface area (Å²) in [7, 11) is 0. The Morgan fingerprint density at radius 3 is 3.05 bits per heavy atom. The van der Waals surface area contributed by atoms with Crippen LogP contribution in [-0.4, -0.2) is 30.2 Å². The van der Waals surface area contributed by atoms with Gasteiger partial charge in [0, 0.05) is 31.1 Å². The van der Waals surface area contributed by atoms with E-state index in [1.54, 1.807) is 0 Å². The summed E-state index contributed by atoms with van der Waals surface area (Å²) in [6, 6.07) is 8.21. The lowest BCUT2D eigenvalue weighted by Crippen LogP contribution is -2.33. The molecule has 1 aliphatic heterocycles. The first-order valence-electron chi connectivity index (χ1n) is 8.00. The highest BCUT2D eigenvalue weighted by Crippen LogP contribution is 2.33.